The first-order valence-electron chi connectivity index (χ1n) is 4.04. The number of halogens is 2. The molecular weight excluding hydrogens is 406 g/mol. The SMILES string of the molecule is OC(C=CI)OCc1ccccc1I. The van der Waals surface area contributed by atoms with Crippen LogP contribution in [0.2, 0.25) is 0 Å². The van der Waals surface area contributed by atoms with Crippen LogP contribution in [-0.4, -0.2) is 11.4 Å². The topological polar surface area (TPSA) is 29.5 Å². The summed E-state index contributed by atoms with van der Waals surface area (Å²) in [7, 11) is 0. The van der Waals surface area contributed by atoms with Crippen molar-refractivity contribution in [1.82, 2.24) is 0 Å². The van der Waals surface area contributed by atoms with Crippen LogP contribution < -0.4 is 0 Å². The lowest BCUT2D eigenvalue weighted by atomic mass is 10.2. The quantitative estimate of drug-likeness (QED) is 0.605. The molecule has 1 N–H and O–H groups in total. The number of hydrogen-bond acceptors (Lipinski definition) is 2. The molecule has 1 aromatic rings. The highest BCUT2D eigenvalue weighted by atomic mass is 127. The van der Waals surface area contributed by atoms with Crippen LogP contribution in [0.5, 0.6) is 0 Å². The van der Waals surface area contributed by atoms with Gasteiger partial charge in [0.15, 0.2) is 6.29 Å². The Hall–Kier alpha value is 0.340. The lowest BCUT2D eigenvalue weighted by Gasteiger charge is -2.08. The second-order valence-electron chi connectivity index (χ2n) is 2.61. The summed E-state index contributed by atoms with van der Waals surface area (Å²) in [6.45, 7) is 0.432. The van der Waals surface area contributed by atoms with E-state index in [4.69, 9.17) is 4.74 Å². The molecule has 1 atom stereocenters. The van der Waals surface area contributed by atoms with E-state index in [1.54, 1.807) is 10.2 Å². The molecule has 0 aliphatic rings. The lowest BCUT2D eigenvalue weighted by molar-refractivity contribution is -0.0732. The standard InChI is InChI=1S/C10H10I2O2/c11-6-5-10(13)14-7-8-3-1-2-4-9(8)12/h1-6,10,13H,7H2. The van der Waals surface area contributed by atoms with Crippen LogP contribution in [0.3, 0.4) is 0 Å². The lowest BCUT2D eigenvalue weighted by Crippen LogP contribution is -2.08. The fraction of sp³-hybridized carbons (Fsp3) is 0.200. The molecule has 0 aliphatic carbocycles. The Labute approximate surface area is 111 Å². The summed E-state index contributed by atoms with van der Waals surface area (Å²) in [6, 6.07) is 7.94. The zero-order valence-electron chi connectivity index (χ0n) is 7.36. The Bertz CT molecular complexity index is 313. The van der Waals surface area contributed by atoms with Gasteiger partial charge in [-0.1, -0.05) is 40.8 Å². The van der Waals surface area contributed by atoms with E-state index in [-0.39, 0.29) is 0 Å². The van der Waals surface area contributed by atoms with Crippen molar-refractivity contribution in [3.63, 3.8) is 0 Å². The van der Waals surface area contributed by atoms with Gasteiger partial charge in [-0.05, 0) is 44.4 Å². The van der Waals surface area contributed by atoms with E-state index in [0.717, 1.165) is 9.13 Å². The number of hydrogen-bond donors (Lipinski definition) is 1. The van der Waals surface area contributed by atoms with Crippen LogP contribution in [0.15, 0.2) is 34.4 Å². The zero-order chi connectivity index (χ0) is 10.4. The van der Waals surface area contributed by atoms with Crippen LogP contribution in [0, 0.1) is 3.57 Å². The maximum absolute atomic E-state index is 9.29. The average molecular weight is 416 g/mol. The first-order valence-corrected chi connectivity index (χ1v) is 6.36. The van der Waals surface area contributed by atoms with Crippen molar-refractivity contribution in [2.45, 2.75) is 12.9 Å². The summed E-state index contributed by atoms with van der Waals surface area (Å²) < 4.78 is 8.09. The second-order valence-corrected chi connectivity index (χ2v) is 4.49. The predicted octanol–water partition coefficient (Wildman–Crippen LogP) is 3.07. The van der Waals surface area contributed by atoms with Crippen LogP contribution >= 0.6 is 45.2 Å². The Morgan fingerprint density at radius 2 is 2.14 bits per heavy atom. The smallest absolute Gasteiger partial charge is 0.175 e. The van der Waals surface area contributed by atoms with Gasteiger partial charge in [-0.3, -0.25) is 0 Å². The molecule has 0 aliphatic heterocycles. The first kappa shape index (κ1) is 12.4. The maximum atomic E-state index is 9.29. The van der Waals surface area contributed by atoms with Crippen molar-refractivity contribution in [1.29, 1.82) is 0 Å². The Morgan fingerprint density at radius 1 is 1.43 bits per heavy atom. The van der Waals surface area contributed by atoms with Gasteiger partial charge in [-0.25, -0.2) is 0 Å². The van der Waals surface area contributed by atoms with Crippen molar-refractivity contribution < 1.29 is 9.84 Å². The summed E-state index contributed by atoms with van der Waals surface area (Å²) in [6.07, 6.45) is 0.777. The van der Waals surface area contributed by atoms with Gasteiger partial charge in [0.1, 0.15) is 0 Å². The van der Waals surface area contributed by atoms with Gasteiger partial charge in [0.2, 0.25) is 0 Å². The largest absolute Gasteiger partial charge is 0.365 e. The number of aliphatic hydroxyl groups excluding tert-OH is 1. The molecule has 2 nitrogen and oxygen atoms in total. The van der Waals surface area contributed by atoms with Crippen LogP contribution in [0.25, 0.3) is 0 Å². The van der Waals surface area contributed by atoms with Crippen molar-refractivity contribution >= 4 is 45.2 Å². The highest BCUT2D eigenvalue weighted by Gasteiger charge is 2.01. The monoisotopic (exact) mass is 416 g/mol. The third-order valence-corrected chi connectivity index (χ3v) is 3.07. The molecule has 14 heavy (non-hydrogen) atoms. The molecule has 0 amide bonds. The van der Waals surface area contributed by atoms with E-state index >= 15 is 0 Å². The summed E-state index contributed by atoms with van der Waals surface area (Å²) in [4.78, 5) is 0. The Balaban J connectivity index is 2.49. The molecule has 0 radical (unpaired) electrons. The molecular formula is C10H10I2O2. The van der Waals surface area contributed by atoms with Gasteiger partial charge in [0.25, 0.3) is 0 Å². The minimum Gasteiger partial charge on any atom is -0.365 e. The average Bonchev–Trinajstić information content (AvgIpc) is 2.17. The highest BCUT2D eigenvalue weighted by Crippen LogP contribution is 2.13. The van der Waals surface area contributed by atoms with Gasteiger partial charge in [-0.15, -0.1) is 0 Å². The summed E-state index contributed by atoms with van der Waals surface area (Å²) in [5.41, 5.74) is 1.09. The predicted molar refractivity (Wildman–Crippen MR) is 73.1 cm³/mol. The van der Waals surface area contributed by atoms with E-state index < -0.39 is 6.29 Å². The number of aliphatic hydroxyl groups is 1. The summed E-state index contributed by atoms with van der Waals surface area (Å²) >= 11 is 4.29. The molecule has 1 aromatic carbocycles. The molecule has 0 saturated heterocycles. The summed E-state index contributed by atoms with van der Waals surface area (Å²) in [5, 5.41) is 9.29. The molecule has 0 aromatic heterocycles. The van der Waals surface area contributed by atoms with E-state index in [1.807, 2.05) is 46.9 Å². The second kappa shape index (κ2) is 6.76. The first-order chi connectivity index (χ1) is 6.74. The molecule has 0 bridgehead atoms. The van der Waals surface area contributed by atoms with Crippen LogP contribution in [0.1, 0.15) is 5.56 Å². The van der Waals surface area contributed by atoms with Crippen molar-refractivity contribution in [3.8, 4) is 0 Å². The van der Waals surface area contributed by atoms with Gasteiger partial charge in [0.05, 0.1) is 6.61 Å². The van der Waals surface area contributed by atoms with Gasteiger partial charge in [0, 0.05) is 3.57 Å². The molecule has 0 saturated carbocycles. The van der Waals surface area contributed by atoms with E-state index in [9.17, 15) is 5.11 Å². The maximum Gasteiger partial charge on any atom is 0.175 e. The highest BCUT2D eigenvalue weighted by molar-refractivity contribution is 14.1. The van der Waals surface area contributed by atoms with E-state index in [1.165, 1.54) is 0 Å². The third-order valence-electron chi connectivity index (χ3n) is 1.60. The minimum absolute atomic E-state index is 0.432. The molecule has 4 heteroatoms. The molecule has 76 valence electrons. The molecule has 0 spiro atoms. The molecule has 1 rings (SSSR count). The van der Waals surface area contributed by atoms with E-state index in [0.29, 0.717) is 6.61 Å². The molecule has 0 heterocycles. The van der Waals surface area contributed by atoms with Crippen molar-refractivity contribution in [2.24, 2.45) is 0 Å². The normalized spacial score (nSPS) is 13.4. The van der Waals surface area contributed by atoms with Gasteiger partial charge < -0.3 is 9.84 Å². The van der Waals surface area contributed by atoms with Gasteiger partial charge >= 0.3 is 0 Å². The molecule has 0 fully saturated rings. The number of rotatable bonds is 4. The number of benzene rings is 1. The van der Waals surface area contributed by atoms with Crippen molar-refractivity contribution in [3.05, 3.63) is 43.6 Å². The van der Waals surface area contributed by atoms with Crippen LogP contribution in [-0.2, 0) is 11.3 Å². The molecule has 1 unspecified atom stereocenters. The van der Waals surface area contributed by atoms with Crippen molar-refractivity contribution in [2.75, 3.05) is 0 Å². The van der Waals surface area contributed by atoms with Crippen LogP contribution in [0.4, 0.5) is 0 Å². The fourth-order valence-corrected chi connectivity index (χ4v) is 1.81. The van der Waals surface area contributed by atoms with E-state index in [2.05, 4.69) is 22.6 Å². The minimum atomic E-state index is -0.817. The zero-order valence-corrected chi connectivity index (χ0v) is 11.7. The third kappa shape index (κ3) is 4.24. The Morgan fingerprint density at radius 3 is 2.79 bits per heavy atom. The number of ether oxygens (including phenoxy) is 1. The fourth-order valence-electron chi connectivity index (χ4n) is 0.908. The Kier molecular flexibility index (Phi) is 5.99. The summed E-state index contributed by atoms with van der Waals surface area (Å²) in [5.74, 6) is 0. The van der Waals surface area contributed by atoms with Gasteiger partial charge in [-0.2, -0.15) is 0 Å².